The number of pyridine rings is 1. The number of para-hydroxylation sites is 1. The molecule has 5 aromatic rings. The van der Waals surface area contributed by atoms with E-state index < -0.39 is 0 Å². The number of aromatic nitrogens is 3. The van der Waals surface area contributed by atoms with Gasteiger partial charge in [0.15, 0.2) is 0 Å². The van der Waals surface area contributed by atoms with E-state index in [2.05, 4.69) is 30.9 Å². The van der Waals surface area contributed by atoms with Crippen LogP contribution in [-0.4, -0.2) is 27.4 Å². The Morgan fingerprint density at radius 2 is 1.68 bits per heavy atom. The molecule has 2 heterocycles. The van der Waals surface area contributed by atoms with Crippen LogP contribution in [0.1, 0.15) is 5.56 Å². The Kier molecular flexibility index (Phi) is 7.44. The van der Waals surface area contributed by atoms with Crippen molar-refractivity contribution in [1.29, 1.82) is 0 Å². The van der Waals surface area contributed by atoms with Gasteiger partial charge < -0.3 is 16.0 Å². The van der Waals surface area contributed by atoms with Crippen LogP contribution in [0.15, 0.2) is 91.1 Å². The van der Waals surface area contributed by atoms with Crippen molar-refractivity contribution in [3.8, 4) is 11.3 Å². The summed E-state index contributed by atoms with van der Waals surface area (Å²) < 4.78 is 0. The zero-order chi connectivity index (χ0) is 25.6. The van der Waals surface area contributed by atoms with Crippen LogP contribution in [0.4, 0.5) is 17.5 Å². The van der Waals surface area contributed by atoms with Gasteiger partial charge in [-0.3, -0.25) is 9.78 Å². The SMILES string of the molecule is O=C(CNc1cc(-c2cnc3ccccc3c2)nc(Nc2cccc(Cl)c2)n1)NCc1ccc(Cl)cc1. The van der Waals surface area contributed by atoms with Gasteiger partial charge in [0.1, 0.15) is 5.82 Å². The lowest BCUT2D eigenvalue weighted by Gasteiger charge is -2.12. The van der Waals surface area contributed by atoms with E-state index in [0.717, 1.165) is 27.7 Å². The van der Waals surface area contributed by atoms with E-state index in [1.807, 2.05) is 54.6 Å². The Morgan fingerprint density at radius 1 is 0.838 bits per heavy atom. The van der Waals surface area contributed by atoms with Crippen molar-refractivity contribution < 1.29 is 4.79 Å². The molecule has 0 aliphatic carbocycles. The van der Waals surface area contributed by atoms with E-state index in [9.17, 15) is 4.79 Å². The first-order valence-electron chi connectivity index (χ1n) is 11.5. The molecular weight excluding hydrogens is 507 g/mol. The molecule has 0 saturated carbocycles. The molecule has 0 aliphatic rings. The smallest absolute Gasteiger partial charge is 0.239 e. The fourth-order valence-electron chi connectivity index (χ4n) is 3.68. The second-order valence-corrected chi connectivity index (χ2v) is 9.14. The van der Waals surface area contributed by atoms with E-state index in [0.29, 0.717) is 34.1 Å². The zero-order valence-corrected chi connectivity index (χ0v) is 21.1. The van der Waals surface area contributed by atoms with Crippen LogP contribution in [0, 0.1) is 0 Å². The van der Waals surface area contributed by atoms with E-state index in [1.54, 1.807) is 36.5 Å². The Hall–Kier alpha value is -4.20. The first-order valence-corrected chi connectivity index (χ1v) is 12.3. The van der Waals surface area contributed by atoms with Gasteiger partial charge in [0.25, 0.3) is 0 Å². The summed E-state index contributed by atoms with van der Waals surface area (Å²) in [7, 11) is 0. The molecule has 0 unspecified atom stereocenters. The number of hydrogen-bond acceptors (Lipinski definition) is 6. The first-order chi connectivity index (χ1) is 18.0. The monoisotopic (exact) mass is 528 g/mol. The third-order valence-corrected chi connectivity index (χ3v) is 6.01. The highest BCUT2D eigenvalue weighted by Crippen LogP contribution is 2.26. The van der Waals surface area contributed by atoms with Crippen molar-refractivity contribution in [2.75, 3.05) is 17.2 Å². The number of carbonyl (C=O) groups excluding carboxylic acids is 1. The number of benzene rings is 3. The Bertz CT molecular complexity index is 1560. The van der Waals surface area contributed by atoms with Crippen LogP contribution < -0.4 is 16.0 Å². The standard InChI is InChI=1S/C28H22Cl2N6O/c29-21-10-8-18(9-11-21)15-33-27(37)17-32-26-14-25(20-12-19-4-1-2-7-24(19)31-16-20)35-28(36-26)34-23-6-3-5-22(30)13-23/h1-14,16H,15,17H2,(H,33,37)(H2,32,34,35,36). The molecule has 9 heteroatoms. The average Bonchev–Trinajstić information content (AvgIpc) is 2.91. The van der Waals surface area contributed by atoms with Gasteiger partial charge in [-0.05, 0) is 48.0 Å². The van der Waals surface area contributed by atoms with Gasteiger partial charge in [-0.2, -0.15) is 4.98 Å². The van der Waals surface area contributed by atoms with Crippen molar-refractivity contribution in [1.82, 2.24) is 20.3 Å². The lowest BCUT2D eigenvalue weighted by Crippen LogP contribution is -2.29. The maximum atomic E-state index is 12.5. The van der Waals surface area contributed by atoms with Gasteiger partial charge in [0.2, 0.25) is 11.9 Å². The normalized spacial score (nSPS) is 10.8. The van der Waals surface area contributed by atoms with Crippen molar-refractivity contribution in [3.05, 3.63) is 107 Å². The van der Waals surface area contributed by atoms with Crippen molar-refractivity contribution in [2.24, 2.45) is 0 Å². The van der Waals surface area contributed by atoms with E-state index in [1.165, 1.54) is 0 Å². The lowest BCUT2D eigenvalue weighted by molar-refractivity contribution is -0.119. The van der Waals surface area contributed by atoms with E-state index in [-0.39, 0.29) is 12.5 Å². The predicted molar refractivity (Wildman–Crippen MR) is 149 cm³/mol. The van der Waals surface area contributed by atoms with Gasteiger partial charge in [0.05, 0.1) is 17.8 Å². The van der Waals surface area contributed by atoms with Gasteiger partial charge >= 0.3 is 0 Å². The van der Waals surface area contributed by atoms with Crippen LogP contribution in [0.5, 0.6) is 0 Å². The second-order valence-electron chi connectivity index (χ2n) is 8.27. The van der Waals surface area contributed by atoms with Gasteiger partial charge in [-0.1, -0.05) is 59.6 Å². The fourth-order valence-corrected chi connectivity index (χ4v) is 4.00. The highest BCUT2D eigenvalue weighted by atomic mass is 35.5. The molecule has 2 aromatic heterocycles. The van der Waals surface area contributed by atoms with E-state index >= 15 is 0 Å². The molecule has 3 N–H and O–H groups in total. The predicted octanol–water partition coefficient (Wildman–Crippen LogP) is 6.47. The highest BCUT2D eigenvalue weighted by Gasteiger charge is 2.11. The molecule has 0 saturated heterocycles. The number of fused-ring (bicyclic) bond motifs is 1. The molecule has 0 fully saturated rings. The number of rotatable bonds is 8. The fraction of sp³-hybridized carbons (Fsp3) is 0.0714. The molecule has 5 rings (SSSR count). The summed E-state index contributed by atoms with van der Waals surface area (Å²) in [5.74, 6) is 0.674. The topological polar surface area (TPSA) is 91.8 Å². The summed E-state index contributed by atoms with van der Waals surface area (Å²) in [6, 6.07) is 26.3. The van der Waals surface area contributed by atoms with Crippen LogP contribution in [0.3, 0.4) is 0 Å². The Morgan fingerprint density at radius 3 is 2.51 bits per heavy atom. The van der Waals surface area contributed by atoms with Gasteiger partial charge in [-0.25, -0.2) is 4.98 Å². The minimum atomic E-state index is -0.174. The van der Waals surface area contributed by atoms with Crippen LogP contribution >= 0.6 is 23.2 Å². The highest BCUT2D eigenvalue weighted by molar-refractivity contribution is 6.31. The maximum absolute atomic E-state index is 12.5. The number of amides is 1. The third kappa shape index (κ3) is 6.52. The Balaban J connectivity index is 1.37. The summed E-state index contributed by atoms with van der Waals surface area (Å²) in [5.41, 5.74) is 4.08. The quantitative estimate of drug-likeness (QED) is 0.213. The van der Waals surface area contributed by atoms with Crippen molar-refractivity contribution in [3.63, 3.8) is 0 Å². The van der Waals surface area contributed by atoms with Crippen molar-refractivity contribution in [2.45, 2.75) is 6.54 Å². The van der Waals surface area contributed by atoms with Gasteiger partial charge in [0, 0.05) is 45.5 Å². The molecule has 1 amide bonds. The third-order valence-electron chi connectivity index (χ3n) is 5.53. The molecule has 0 atom stereocenters. The minimum absolute atomic E-state index is 0.0383. The molecule has 0 spiro atoms. The second kappa shape index (κ2) is 11.2. The largest absolute Gasteiger partial charge is 0.361 e. The number of nitrogens with zero attached hydrogens (tertiary/aromatic N) is 3. The molecular formula is C28H22Cl2N6O. The number of carbonyl (C=O) groups is 1. The molecule has 3 aromatic carbocycles. The van der Waals surface area contributed by atoms with Crippen molar-refractivity contribution >= 4 is 57.5 Å². The number of halogens is 2. The molecule has 7 nitrogen and oxygen atoms in total. The molecule has 184 valence electrons. The first kappa shape index (κ1) is 24.5. The number of anilines is 3. The lowest BCUT2D eigenvalue weighted by atomic mass is 10.1. The maximum Gasteiger partial charge on any atom is 0.239 e. The van der Waals surface area contributed by atoms with Crippen LogP contribution in [0.25, 0.3) is 22.2 Å². The number of nitrogens with one attached hydrogen (secondary N) is 3. The summed E-state index contributed by atoms with van der Waals surface area (Å²) in [5, 5.41) is 11.4. The van der Waals surface area contributed by atoms with Gasteiger partial charge in [-0.15, -0.1) is 0 Å². The summed E-state index contributed by atoms with van der Waals surface area (Å²) >= 11 is 12.1. The average molecular weight is 529 g/mol. The summed E-state index contributed by atoms with van der Waals surface area (Å²) in [6.45, 7) is 0.438. The molecule has 37 heavy (non-hydrogen) atoms. The number of hydrogen-bond donors (Lipinski definition) is 3. The van der Waals surface area contributed by atoms with E-state index in [4.69, 9.17) is 23.2 Å². The summed E-state index contributed by atoms with van der Waals surface area (Å²) in [4.78, 5) is 26.3. The molecule has 0 aliphatic heterocycles. The Labute approximate surface area is 223 Å². The van der Waals surface area contributed by atoms with Crippen LogP contribution in [0.2, 0.25) is 10.0 Å². The molecule has 0 bridgehead atoms. The molecule has 0 radical (unpaired) electrons. The zero-order valence-electron chi connectivity index (χ0n) is 19.6. The minimum Gasteiger partial charge on any atom is -0.361 e. The summed E-state index contributed by atoms with van der Waals surface area (Å²) in [6.07, 6.45) is 1.77. The van der Waals surface area contributed by atoms with Crippen LogP contribution in [-0.2, 0) is 11.3 Å².